The van der Waals surface area contributed by atoms with Crippen LogP contribution in [0, 0.1) is 6.92 Å². The first-order chi connectivity index (χ1) is 11.2. The molecule has 6 nitrogen and oxygen atoms in total. The molecule has 2 aromatic heterocycles. The fraction of sp³-hybridized carbons (Fsp3) is 0.312. The summed E-state index contributed by atoms with van der Waals surface area (Å²) in [4.78, 5) is 9.36. The highest BCUT2D eigenvalue weighted by molar-refractivity contribution is 7.13. The van der Waals surface area contributed by atoms with Gasteiger partial charge in [0.05, 0.1) is 17.3 Å². The number of thiazole rings is 1. The van der Waals surface area contributed by atoms with Crippen molar-refractivity contribution < 1.29 is 14.4 Å². The SMILES string of the molecule is CCC(O)c1ccc(OCc2noc(-c3scnc3C)n2)cc1. The summed E-state index contributed by atoms with van der Waals surface area (Å²) in [7, 11) is 0. The van der Waals surface area contributed by atoms with Crippen LogP contribution in [0.4, 0.5) is 0 Å². The molecule has 3 aromatic rings. The van der Waals surface area contributed by atoms with Gasteiger partial charge in [0.25, 0.3) is 5.89 Å². The van der Waals surface area contributed by atoms with Gasteiger partial charge >= 0.3 is 0 Å². The molecule has 0 radical (unpaired) electrons. The second kappa shape index (κ2) is 6.89. The third-order valence-electron chi connectivity index (χ3n) is 3.43. The Morgan fingerprint density at radius 1 is 1.30 bits per heavy atom. The largest absolute Gasteiger partial charge is 0.485 e. The highest BCUT2D eigenvalue weighted by Gasteiger charge is 2.13. The van der Waals surface area contributed by atoms with Gasteiger partial charge in [0.1, 0.15) is 10.6 Å². The fourth-order valence-electron chi connectivity index (χ4n) is 2.08. The van der Waals surface area contributed by atoms with Crippen molar-refractivity contribution in [3.8, 4) is 16.5 Å². The van der Waals surface area contributed by atoms with Gasteiger partial charge in [-0.05, 0) is 31.0 Å². The molecule has 1 N–H and O–H groups in total. The standard InChI is InChI=1S/C16H17N3O3S/c1-3-13(20)11-4-6-12(7-5-11)21-8-14-18-16(22-19-14)15-10(2)17-9-23-15/h4-7,9,13,20H,3,8H2,1-2H3. The normalized spacial score (nSPS) is 12.3. The van der Waals surface area contributed by atoms with Gasteiger partial charge in [-0.25, -0.2) is 4.98 Å². The Morgan fingerprint density at radius 3 is 2.74 bits per heavy atom. The molecule has 0 saturated carbocycles. The van der Waals surface area contributed by atoms with Crippen molar-refractivity contribution in [3.63, 3.8) is 0 Å². The fourth-order valence-corrected chi connectivity index (χ4v) is 2.81. The van der Waals surface area contributed by atoms with Gasteiger partial charge < -0.3 is 14.4 Å². The number of benzene rings is 1. The van der Waals surface area contributed by atoms with E-state index in [-0.39, 0.29) is 6.61 Å². The van der Waals surface area contributed by atoms with Crippen molar-refractivity contribution in [3.05, 3.63) is 46.9 Å². The topological polar surface area (TPSA) is 81.3 Å². The smallest absolute Gasteiger partial charge is 0.270 e. The Morgan fingerprint density at radius 2 is 2.09 bits per heavy atom. The van der Waals surface area contributed by atoms with Gasteiger partial charge in [-0.2, -0.15) is 4.98 Å². The number of rotatable bonds is 6. The molecule has 23 heavy (non-hydrogen) atoms. The zero-order chi connectivity index (χ0) is 16.2. The molecule has 120 valence electrons. The Hall–Kier alpha value is -2.25. The lowest BCUT2D eigenvalue weighted by molar-refractivity contribution is 0.173. The Balaban J connectivity index is 1.63. The van der Waals surface area contributed by atoms with E-state index in [4.69, 9.17) is 9.26 Å². The Labute approximate surface area is 137 Å². The molecule has 2 heterocycles. The number of aryl methyl sites for hydroxylation is 1. The molecule has 1 atom stereocenters. The predicted octanol–water partition coefficient (Wildman–Crippen LogP) is 3.52. The first-order valence-corrected chi connectivity index (χ1v) is 8.19. The molecule has 0 aliphatic heterocycles. The number of aliphatic hydroxyl groups is 1. The quantitative estimate of drug-likeness (QED) is 0.744. The average molecular weight is 331 g/mol. The lowest BCUT2D eigenvalue weighted by Crippen LogP contribution is -1.99. The summed E-state index contributed by atoms with van der Waals surface area (Å²) < 4.78 is 10.9. The summed E-state index contributed by atoms with van der Waals surface area (Å²) in [6.07, 6.45) is 0.245. The van der Waals surface area contributed by atoms with Crippen molar-refractivity contribution >= 4 is 11.3 Å². The van der Waals surface area contributed by atoms with Crippen molar-refractivity contribution in [2.45, 2.75) is 33.0 Å². The first kappa shape index (κ1) is 15.6. The van der Waals surface area contributed by atoms with Gasteiger partial charge in [0, 0.05) is 0 Å². The molecule has 0 amide bonds. The number of nitrogens with zero attached hydrogens (tertiary/aromatic N) is 3. The number of aliphatic hydroxyl groups excluding tert-OH is 1. The van der Waals surface area contributed by atoms with Crippen LogP contribution in [-0.2, 0) is 6.61 Å². The minimum absolute atomic E-state index is 0.219. The van der Waals surface area contributed by atoms with E-state index in [1.165, 1.54) is 11.3 Å². The van der Waals surface area contributed by atoms with E-state index in [0.29, 0.717) is 23.9 Å². The third-order valence-corrected chi connectivity index (χ3v) is 4.34. The van der Waals surface area contributed by atoms with Gasteiger partial charge in [-0.15, -0.1) is 11.3 Å². The minimum atomic E-state index is -0.438. The summed E-state index contributed by atoms with van der Waals surface area (Å²) in [5, 5.41) is 13.7. The van der Waals surface area contributed by atoms with E-state index in [1.807, 2.05) is 38.1 Å². The molecule has 1 aromatic carbocycles. The number of hydrogen-bond acceptors (Lipinski definition) is 7. The third kappa shape index (κ3) is 3.57. The molecule has 0 spiro atoms. The van der Waals surface area contributed by atoms with Crippen LogP contribution < -0.4 is 4.74 Å². The molecule has 0 fully saturated rings. The number of ether oxygens (including phenoxy) is 1. The summed E-state index contributed by atoms with van der Waals surface area (Å²) in [5.41, 5.74) is 3.50. The zero-order valence-electron chi connectivity index (χ0n) is 12.9. The van der Waals surface area contributed by atoms with E-state index in [9.17, 15) is 5.11 Å². The van der Waals surface area contributed by atoms with Gasteiger partial charge in [-0.1, -0.05) is 24.2 Å². The molecular weight excluding hydrogens is 314 g/mol. The van der Waals surface area contributed by atoms with Crippen LogP contribution in [0.25, 0.3) is 10.8 Å². The summed E-state index contributed by atoms with van der Waals surface area (Å²) in [6, 6.07) is 7.35. The molecule has 7 heteroatoms. The predicted molar refractivity (Wildman–Crippen MR) is 86.2 cm³/mol. The molecule has 0 aliphatic carbocycles. The summed E-state index contributed by atoms with van der Waals surface area (Å²) in [6.45, 7) is 4.06. The van der Waals surface area contributed by atoms with Crippen molar-refractivity contribution in [2.75, 3.05) is 0 Å². The van der Waals surface area contributed by atoms with Gasteiger partial charge in [0.2, 0.25) is 5.82 Å². The van der Waals surface area contributed by atoms with Gasteiger partial charge in [-0.3, -0.25) is 0 Å². The lowest BCUT2D eigenvalue weighted by Gasteiger charge is -2.09. The molecule has 0 bridgehead atoms. The van der Waals surface area contributed by atoms with E-state index in [2.05, 4.69) is 15.1 Å². The van der Waals surface area contributed by atoms with Crippen LogP contribution in [0.3, 0.4) is 0 Å². The second-order valence-electron chi connectivity index (χ2n) is 5.06. The minimum Gasteiger partial charge on any atom is -0.485 e. The van der Waals surface area contributed by atoms with E-state index in [1.54, 1.807) is 5.51 Å². The zero-order valence-corrected chi connectivity index (χ0v) is 13.7. The molecule has 1 unspecified atom stereocenters. The van der Waals surface area contributed by atoms with Crippen LogP contribution >= 0.6 is 11.3 Å². The van der Waals surface area contributed by atoms with Gasteiger partial charge in [0.15, 0.2) is 6.61 Å². The number of hydrogen-bond donors (Lipinski definition) is 1. The van der Waals surface area contributed by atoms with Crippen molar-refractivity contribution in [1.29, 1.82) is 0 Å². The maximum Gasteiger partial charge on any atom is 0.270 e. The van der Waals surface area contributed by atoms with Crippen LogP contribution in [0.5, 0.6) is 5.75 Å². The molecule has 0 aliphatic rings. The van der Waals surface area contributed by atoms with Crippen molar-refractivity contribution in [1.82, 2.24) is 15.1 Å². The van der Waals surface area contributed by atoms with E-state index in [0.717, 1.165) is 16.1 Å². The number of aromatic nitrogens is 3. The van der Waals surface area contributed by atoms with Crippen molar-refractivity contribution in [2.24, 2.45) is 0 Å². The monoisotopic (exact) mass is 331 g/mol. The summed E-state index contributed by atoms with van der Waals surface area (Å²) >= 11 is 1.46. The second-order valence-corrected chi connectivity index (χ2v) is 5.92. The van der Waals surface area contributed by atoms with E-state index < -0.39 is 6.10 Å². The maximum absolute atomic E-state index is 9.77. The Bertz CT molecular complexity index is 767. The van der Waals surface area contributed by atoms with Crippen LogP contribution in [0.1, 0.15) is 36.5 Å². The molecule has 3 rings (SSSR count). The molecular formula is C16H17N3O3S. The highest BCUT2D eigenvalue weighted by atomic mass is 32.1. The van der Waals surface area contributed by atoms with E-state index >= 15 is 0 Å². The maximum atomic E-state index is 9.77. The first-order valence-electron chi connectivity index (χ1n) is 7.31. The average Bonchev–Trinajstić information content (AvgIpc) is 3.21. The van der Waals surface area contributed by atoms with Crippen LogP contribution in [0.15, 0.2) is 34.3 Å². The lowest BCUT2D eigenvalue weighted by atomic mass is 10.1. The van der Waals surface area contributed by atoms with Crippen LogP contribution in [-0.4, -0.2) is 20.2 Å². The summed E-state index contributed by atoms with van der Waals surface area (Å²) in [5.74, 6) is 1.63. The Kier molecular flexibility index (Phi) is 4.68. The highest BCUT2D eigenvalue weighted by Crippen LogP contribution is 2.25. The van der Waals surface area contributed by atoms with Crippen LogP contribution in [0.2, 0.25) is 0 Å². The molecule has 0 saturated heterocycles.